The van der Waals surface area contributed by atoms with Gasteiger partial charge in [-0.25, -0.2) is 14.8 Å². The average molecular weight is 394 g/mol. The van der Waals surface area contributed by atoms with Gasteiger partial charge in [0.25, 0.3) is 5.91 Å². The zero-order valence-electron chi connectivity index (χ0n) is 16.4. The van der Waals surface area contributed by atoms with Crippen molar-refractivity contribution in [1.82, 2.24) is 14.9 Å². The summed E-state index contributed by atoms with van der Waals surface area (Å²) in [4.78, 5) is 36.7. The van der Waals surface area contributed by atoms with Crippen molar-refractivity contribution >= 4 is 22.8 Å². The maximum absolute atomic E-state index is 12.5. The molecule has 3 aromatic rings. The Kier molecular flexibility index (Phi) is 5.16. The van der Waals surface area contributed by atoms with E-state index in [1.807, 2.05) is 13.0 Å². The molecule has 0 spiro atoms. The fourth-order valence-corrected chi connectivity index (χ4v) is 3.36. The highest BCUT2D eigenvalue weighted by Gasteiger charge is 2.22. The maximum atomic E-state index is 12.5. The van der Waals surface area contributed by atoms with Crippen LogP contribution in [0.3, 0.4) is 0 Å². The molecule has 2 aromatic heterocycles. The van der Waals surface area contributed by atoms with Crippen LogP contribution in [0, 0.1) is 13.8 Å². The number of rotatable bonds is 4. The molecule has 4 rings (SSSR count). The summed E-state index contributed by atoms with van der Waals surface area (Å²) in [6.45, 7) is 6.09. The SMILES string of the molecule is Cc1c(C)c2ccc(OCC(=O)N3CCN(c4ncccn4)CC3)cc2oc1=O. The largest absolute Gasteiger partial charge is 0.484 e. The number of aryl methyl sites for hydroxylation is 1. The van der Waals surface area contributed by atoms with Crippen LogP contribution in [-0.4, -0.2) is 53.6 Å². The minimum atomic E-state index is -0.358. The lowest BCUT2D eigenvalue weighted by Crippen LogP contribution is -2.50. The summed E-state index contributed by atoms with van der Waals surface area (Å²) in [5.74, 6) is 1.09. The standard InChI is InChI=1S/C21H22N4O4/c1-14-15(2)20(27)29-18-12-16(4-5-17(14)18)28-13-19(26)24-8-10-25(11-9-24)21-22-6-3-7-23-21/h3-7,12H,8-11,13H2,1-2H3. The number of aromatic nitrogens is 2. The summed E-state index contributed by atoms with van der Waals surface area (Å²) in [5, 5.41) is 0.861. The predicted molar refractivity (Wildman–Crippen MR) is 108 cm³/mol. The van der Waals surface area contributed by atoms with Crippen molar-refractivity contribution in [1.29, 1.82) is 0 Å². The number of benzene rings is 1. The molecule has 0 unspecified atom stereocenters. The number of hydrogen-bond donors (Lipinski definition) is 0. The first-order valence-electron chi connectivity index (χ1n) is 9.49. The Balaban J connectivity index is 1.36. The minimum absolute atomic E-state index is 0.0670. The van der Waals surface area contributed by atoms with Crippen LogP contribution in [0.2, 0.25) is 0 Å². The third kappa shape index (κ3) is 3.91. The normalized spacial score (nSPS) is 14.3. The monoisotopic (exact) mass is 394 g/mol. The molecular formula is C21H22N4O4. The van der Waals surface area contributed by atoms with E-state index < -0.39 is 0 Å². The molecule has 8 nitrogen and oxygen atoms in total. The zero-order valence-corrected chi connectivity index (χ0v) is 16.4. The topological polar surface area (TPSA) is 88.8 Å². The van der Waals surface area contributed by atoms with Crippen LogP contribution in [0.4, 0.5) is 5.95 Å². The van der Waals surface area contributed by atoms with Crippen molar-refractivity contribution in [2.24, 2.45) is 0 Å². The average Bonchev–Trinajstić information content (AvgIpc) is 2.76. The van der Waals surface area contributed by atoms with Crippen molar-refractivity contribution < 1.29 is 13.9 Å². The molecule has 0 aliphatic carbocycles. The number of piperazine rings is 1. The molecule has 150 valence electrons. The Bertz CT molecular complexity index is 1090. The quantitative estimate of drug-likeness (QED) is 0.625. The Labute approximate surface area is 167 Å². The maximum Gasteiger partial charge on any atom is 0.339 e. The molecule has 0 bridgehead atoms. The molecule has 29 heavy (non-hydrogen) atoms. The van der Waals surface area contributed by atoms with E-state index >= 15 is 0 Å². The molecule has 8 heteroatoms. The van der Waals surface area contributed by atoms with Crippen LogP contribution in [0.1, 0.15) is 11.1 Å². The lowest BCUT2D eigenvalue weighted by atomic mass is 10.1. The lowest BCUT2D eigenvalue weighted by molar-refractivity contribution is -0.133. The van der Waals surface area contributed by atoms with Gasteiger partial charge in [-0.3, -0.25) is 4.79 Å². The fraction of sp³-hybridized carbons (Fsp3) is 0.333. The molecule has 1 aromatic carbocycles. The third-order valence-electron chi connectivity index (χ3n) is 5.26. The molecule has 1 amide bonds. The highest BCUT2D eigenvalue weighted by atomic mass is 16.5. The van der Waals surface area contributed by atoms with Gasteiger partial charge in [-0.15, -0.1) is 0 Å². The van der Waals surface area contributed by atoms with E-state index in [0.717, 1.165) is 10.9 Å². The van der Waals surface area contributed by atoms with E-state index in [1.165, 1.54) is 0 Å². The second kappa shape index (κ2) is 7.90. The van der Waals surface area contributed by atoms with E-state index in [9.17, 15) is 9.59 Å². The number of ether oxygens (including phenoxy) is 1. The van der Waals surface area contributed by atoms with Gasteiger partial charge in [0.1, 0.15) is 11.3 Å². The second-order valence-corrected chi connectivity index (χ2v) is 7.00. The van der Waals surface area contributed by atoms with Crippen molar-refractivity contribution in [3.8, 4) is 5.75 Å². The second-order valence-electron chi connectivity index (χ2n) is 7.00. The van der Waals surface area contributed by atoms with Gasteiger partial charge in [0.15, 0.2) is 6.61 Å². The van der Waals surface area contributed by atoms with Gasteiger partial charge in [-0.1, -0.05) is 0 Å². The first-order valence-corrected chi connectivity index (χ1v) is 9.49. The van der Waals surface area contributed by atoms with Gasteiger partial charge in [-0.2, -0.15) is 0 Å². The molecule has 0 radical (unpaired) electrons. The first-order chi connectivity index (χ1) is 14.0. The number of amides is 1. The van der Waals surface area contributed by atoms with Crippen LogP contribution in [-0.2, 0) is 4.79 Å². The van der Waals surface area contributed by atoms with Crippen LogP contribution in [0.5, 0.6) is 5.75 Å². The molecule has 1 aliphatic heterocycles. The first kappa shape index (κ1) is 18.9. The fourth-order valence-electron chi connectivity index (χ4n) is 3.36. The third-order valence-corrected chi connectivity index (χ3v) is 5.26. The summed E-state index contributed by atoms with van der Waals surface area (Å²) in [7, 11) is 0. The van der Waals surface area contributed by atoms with Gasteiger partial charge < -0.3 is 19.0 Å². The summed E-state index contributed by atoms with van der Waals surface area (Å²) in [6.07, 6.45) is 3.42. The number of carbonyl (C=O) groups excluding carboxylic acids is 1. The summed E-state index contributed by atoms with van der Waals surface area (Å²) >= 11 is 0. The Hall–Kier alpha value is -3.42. The molecule has 0 saturated carbocycles. The highest BCUT2D eigenvalue weighted by molar-refractivity contribution is 5.82. The Morgan fingerprint density at radius 2 is 1.83 bits per heavy atom. The smallest absolute Gasteiger partial charge is 0.339 e. The number of carbonyl (C=O) groups is 1. The molecule has 3 heterocycles. The highest BCUT2D eigenvalue weighted by Crippen LogP contribution is 2.24. The Morgan fingerprint density at radius 1 is 1.10 bits per heavy atom. The van der Waals surface area contributed by atoms with Crippen LogP contribution in [0.15, 0.2) is 45.9 Å². The molecule has 0 N–H and O–H groups in total. The predicted octanol–water partition coefficient (Wildman–Crippen LogP) is 1.93. The number of hydrogen-bond acceptors (Lipinski definition) is 7. The Morgan fingerprint density at radius 3 is 2.55 bits per heavy atom. The van der Waals surface area contributed by atoms with Crippen LogP contribution in [0.25, 0.3) is 11.0 Å². The molecule has 1 fully saturated rings. The van der Waals surface area contributed by atoms with Gasteiger partial charge >= 0.3 is 5.63 Å². The summed E-state index contributed by atoms with van der Waals surface area (Å²) < 4.78 is 11.0. The number of fused-ring (bicyclic) bond motifs is 1. The van der Waals surface area contributed by atoms with Gasteiger partial charge in [-0.05, 0) is 37.6 Å². The molecule has 0 atom stereocenters. The zero-order chi connectivity index (χ0) is 20.4. The minimum Gasteiger partial charge on any atom is -0.484 e. The van der Waals surface area contributed by atoms with E-state index in [0.29, 0.717) is 49.0 Å². The number of anilines is 1. The van der Waals surface area contributed by atoms with Crippen molar-refractivity contribution in [3.63, 3.8) is 0 Å². The van der Waals surface area contributed by atoms with Crippen LogP contribution >= 0.6 is 0 Å². The van der Waals surface area contributed by atoms with Gasteiger partial charge in [0.05, 0.1) is 0 Å². The van der Waals surface area contributed by atoms with Gasteiger partial charge in [0, 0.05) is 55.6 Å². The molecule has 1 aliphatic rings. The number of nitrogens with zero attached hydrogens (tertiary/aromatic N) is 4. The van der Waals surface area contributed by atoms with E-state index in [2.05, 4.69) is 14.9 Å². The molecular weight excluding hydrogens is 372 g/mol. The van der Waals surface area contributed by atoms with Crippen molar-refractivity contribution in [3.05, 3.63) is 58.2 Å². The van der Waals surface area contributed by atoms with Crippen molar-refractivity contribution in [2.75, 3.05) is 37.7 Å². The van der Waals surface area contributed by atoms with E-state index in [-0.39, 0.29) is 18.1 Å². The summed E-state index contributed by atoms with van der Waals surface area (Å²) in [5.41, 5.74) is 1.59. The van der Waals surface area contributed by atoms with Crippen LogP contribution < -0.4 is 15.3 Å². The molecule has 1 saturated heterocycles. The lowest BCUT2D eigenvalue weighted by Gasteiger charge is -2.34. The van der Waals surface area contributed by atoms with E-state index in [1.54, 1.807) is 42.4 Å². The summed E-state index contributed by atoms with van der Waals surface area (Å²) in [6, 6.07) is 7.06. The van der Waals surface area contributed by atoms with Crippen molar-refractivity contribution in [2.45, 2.75) is 13.8 Å². The van der Waals surface area contributed by atoms with E-state index in [4.69, 9.17) is 9.15 Å². The van der Waals surface area contributed by atoms with Gasteiger partial charge in [0.2, 0.25) is 5.95 Å².